The maximum absolute atomic E-state index is 13.3. The monoisotopic (exact) mass is 451 g/mol. The lowest BCUT2D eigenvalue weighted by Gasteiger charge is -2.39. The van der Waals surface area contributed by atoms with Gasteiger partial charge in [-0.3, -0.25) is 0 Å². The molecule has 4 rings (SSSR count). The van der Waals surface area contributed by atoms with E-state index >= 15 is 0 Å². The van der Waals surface area contributed by atoms with Gasteiger partial charge in [0.05, 0.1) is 25.3 Å². The molecule has 8 heteroatoms. The number of carbonyl (C=O) groups is 1. The van der Waals surface area contributed by atoms with Crippen LogP contribution in [0, 0.1) is 17.3 Å². The van der Waals surface area contributed by atoms with Crippen LogP contribution in [0.2, 0.25) is 0 Å². The van der Waals surface area contributed by atoms with E-state index in [9.17, 15) is 18.0 Å². The average Bonchev–Trinajstić information content (AvgIpc) is 3.35. The van der Waals surface area contributed by atoms with E-state index in [0.29, 0.717) is 11.6 Å². The number of rotatable bonds is 6. The topological polar surface area (TPSA) is 53.9 Å². The summed E-state index contributed by atoms with van der Waals surface area (Å²) < 4.78 is 45.1. The number of benzene rings is 1. The molecule has 3 unspecified atom stereocenters. The maximum Gasteiger partial charge on any atom is 0.389 e. The van der Waals surface area contributed by atoms with Crippen molar-refractivity contribution in [2.45, 2.75) is 63.6 Å². The first-order valence-electron chi connectivity index (χ1n) is 11.3. The van der Waals surface area contributed by atoms with E-state index in [1.54, 1.807) is 0 Å². The first kappa shape index (κ1) is 23.1. The Labute approximate surface area is 187 Å². The molecule has 2 amide bonds. The van der Waals surface area contributed by atoms with E-state index in [1.165, 1.54) is 12.1 Å². The number of carbonyl (C=O) groups excluding carboxylic acids is 1. The Hall–Kier alpha value is -2.09. The number of methoxy groups -OCH3 is 1. The highest BCUT2D eigenvalue weighted by molar-refractivity contribution is 5.96. The summed E-state index contributed by atoms with van der Waals surface area (Å²) in [7, 11) is 1.39. The van der Waals surface area contributed by atoms with Gasteiger partial charge < -0.3 is 10.1 Å². The molecular formula is C24H32F3N3O2. The Bertz CT molecular complexity index is 865. The van der Waals surface area contributed by atoms with Crippen LogP contribution >= 0.6 is 0 Å². The van der Waals surface area contributed by atoms with E-state index in [2.05, 4.69) is 24.3 Å². The van der Waals surface area contributed by atoms with Gasteiger partial charge in [-0.25, -0.2) is 9.80 Å². The first-order chi connectivity index (χ1) is 15.1. The minimum atomic E-state index is -4.35. The van der Waals surface area contributed by atoms with Crippen molar-refractivity contribution in [3.63, 3.8) is 0 Å². The van der Waals surface area contributed by atoms with Gasteiger partial charge in [0.25, 0.3) is 0 Å². The van der Waals surface area contributed by atoms with Gasteiger partial charge in [-0.05, 0) is 49.5 Å². The van der Waals surface area contributed by atoms with Crippen molar-refractivity contribution in [2.75, 3.05) is 20.3 Å². The molecule has 1 N–H and O–H groups in total. The number of hydrazone groups is 1. The van der Waals surface area contributed by atoms with Crippen LogP contribution in [0.1, 0.15) is 57.4 Å². The number of hydrogen-bond acceptors (Lipinski definition) is 3. The van der Waals surface area contributed by atoms with E-state index in [-0.39, 0.29) is 30.1 Å². The summed E-state index contributed by atoms with van der Waals surface area (Å²) in [6.07, 6.45) is -1.04. The van der Waals surface area contributed by atoms with Crippen LogP contribution in [0.15, 0.2) is 35.4 Å². The molecule has 1 heterocycles. The molecule has 3 aliphatic rings. The number of halogens is 3. The maximum atomic E-state index is 13.3. The van der Waals surface area contributed by atoms with Crippen LogP contribution in [0.3, 0.4) is 0 Å². The summed E-state index contributed by atoms with van der Waals surface area (Å²) in [5.41, 5.74) is 0.940. The first-order valence-corrected chi connectivity index (χ1v) is 11.3. The quantitative estimate of drug-likeness (QED) is 0.635. The number of nitrogens with zero attached hydrogens (tertiary/aromatic N) is 2. The molecule has 1 aromatic rings. The lowest BCUT2D eigenvalue weighted by atomic mass is 9.76. The van der Waals surface area contributed by atoms with Gasteiger partial charge in [-0.15, -0.1) is 0 Å². The molecule has 2 saturated carbocycles. The Balaban J connectivity index is 1.61. The lowest BCUT2D eigenvalue weighted by Crippen LogP contribution is -2.56. The molecule has 0 spiro atoms. The number of fused-ring (bicyclic) bond motifs is 2. The fourth-order valence-electron chi connectivity index (χ4n) is 6.09. The fraction of sp³-hybridized carbons (Fsp3) is 0.667. The Kier molecular flexibility index (Phi) is 6.03. The number of nitrogens with one attached hydrogen (secondary N) is 1. The zero-order valence-corrected chi connectivity index (χ0v) is 18.9. The Morgan fingerprint density at radius 2 is 1.91 bits per heavy atom. The number of urea groups is 1. The van der Waals surface area contributed by atoms with Crippen molar-refractivity contribution in [1.82, 2.24) is 10.3 Å². The zero-order valence-electron chi connectivity index (χ0n) is 18.9. The predicted octanol–water partition coefficient (Wildman–Crippen LogP) is 5.34. The van der Waals surface area contributed by atoms with Crippen molar-refractivity contribution < 1.29 is 22.7 Å². The molecule has 0 radical (unpaired) electrons. The second-order valence-corrected chi connectivity index (χ2v) is 10.0. The summed E-state index contributed by atoms with van der Waals surface area (Å²) in [6, 6.07) is 8.98. The van der Waals surface area contributed by atoms with Crippen LogP contribution < -0.4 is 5.32 Å². The second-order valence-electron chi connectivity index (χ2n) is 10.0. The van der Waals surface area contributed by atoms with Gasteiger partial charge in [0.2, 0.25) is 0 Å². The average molecular weight is 452 g/mol. The van der Waals surface area contributed by atoms with Crippen LogP contribution in [0.25, 0.3) is 0 Å². The summed E-state index contributed by atoms with van der Waals surface area (Å²) in [6.45, 7) is 4.46. The number of ether oxygens (including phenoxy) is 1. The number of alkyl halides is 3. The second kappa shape index (κ2) is 8.36. The smallest absolute Gasteiger partial charge is 0.384 e. The molecule has 2 aliphatic carbocycles. The van der Waals surface area contributed by atoms with Crippen molar-refractivity contribution >= 4 is 11.7 Å². The predicted molar refractivity (Wildman–Crippen MR) is 116 cm³/mol. The van der Waals surface area contributed by atoms with E-state index < -0.39 is 24.4 Å². The third kappa shape index (κ3) is 4.14. The van der Waals surface area contributed by atoms with Crippen molar-refractivity contribution in [1.29, 1.82) is 0 Å². The highest BCUT2D eigenvalue weighted by Crippen LogP contribution is 2.60. The SMILES string of the molecule is COCC(CC(F)(F)F)C1=NN(C(=O)NC2(C)[C@H]3CC[C@]2(C)CC3)CC1c1ccccc1. The number of amides is 2. The van der Waals surface area contributed by atoms with Crippen LogP contribution in [0.5, 0.6) is 0 Å². The fourth-order valence-corrected chi connectivity index (χ4v) is 6.09. The van der Waals surface area contributed by atoms with Gasteiger partial charge in [0.15, 0.2) is 0 Å². The largest absolute Gasteiger partial charge is 0.389 e. The molecule has 0 saturated heterocycles. The molecular weight excluding hydrogens is 419 g/mol. The van der Waals surface area contributed by atoms with E-state index in [0.717, 1.165) is 31.2 Å². The molecule has 3 atom stereocenters. The van der Waals surface area contributed by atoms with Crippen molar-refractivity contribution in [3.8, 4) is 0 Å². The van der Waals surface area contributed by atoms with Gasteiger partial charge in [-0.1, -0.05) is 37.3 Å². The van der Waals surface area contributed by atoms with E-state index in [4.69, 9.17) is 4.74 Å². The van der Waals surface area contributed by atoms with Crippen molar-refractivity contribution in [2.24, 2.45) is 22.4 Å². The van der Waals surface area contributed by atoms with Crippen molar-refractivity contribution in [3.05, 3.63) is 35.9 Å². The Morgan fingerprint density at radius 1 is 1.25 bits per heavy atom. The lowest BCUT2D eigenvalue weighted by molar-refractivity contribution is -0.142. The summed E-state index contributed by atoms with van der Waals surface area (Å²) in [5.74, 6) is -0.911. The molecule has 32 heavy (non-hydrogen) atoms. The Morgan fingerprint density at radius 3 is 2.44 bits per heavy atom. The van der Waals surface area contributed by atoms with Crippen LogP contribution in [0.4, 0.5) is 18.0 Å². The standard InChI is InChI=1S/C24H32F3N3O2/c1-22-11-9-18(10-12-22)23(22,2)28-21(31)30-14-19(16-7-5-4-6-8-16)20(29-30)17(15-32-3)13-24(25,26)27/h4-8,17-19H,9-15H2,1-3H3,(H,28,31)/t17?,18-,19?,22+,23?. The minimum absolute atomic E-state index is 0.0489. The number of hydrogen-bond donors (Lipinski definition) is 1. The third-order valence-corrected chi connectivity index (χ3v) is 8.18. The molecule has 5 nitrogen and oxygen atoms in total. The summed E-state index contributed by atoms with van der Waals surface area (Å²) in [5, 5.41) is 9.04. The highest BCUT2D eigenvalue weighted by Gasteiger charge is 2.60. The molecule has 2 fully saturated rings. The third-order valence-electron chi connectivity index (χ3n) is 8.18. The molecule has 2 bridgehead atoms. The molecule has 1 aliphatic heterocycles. The summed E-state index contributed by atoms with van der Waals surface area (Å²) >= 11 is 0. The zero-order chi connectivity index (χ0) is 23.1. The van der Waals surface area contributed by atoms with Gasteiger partial charge >= 0.3 is 12.2 Å². The van der Waals surface area contributed by atoms with Gasteiger partial charge in [-0.2, -0.15) is 18.3 Å². The molecule has 176 valence electrons. The molecule has 1 aromatic carbocycles. The highest BCUT2D eigenvalue weighted by atomic mass is 19.4. The van der Waals surface area contributed by atoms with Crippen LogP contribution in [-0.4, -0.2) is 48.7 Å². The normalized spacial score (nSPS) is 32.8. The molecule has 0 aromatic heterocycles. The minimum Gasteiger partial charge on any atom is -0.384 e. The van der Waals surface area contributed by atoms with Crippen LogP contribution in [-0.2, 0) is 4.74 Å². The van der Waals surface area contributed by atoms with Gasteiger partial charge in [0.1, 0.15) is 0 Å². The summed E-state index contributed by atoms with van der Waals surface area (Å²) in [4.78, 5) is 13.3. The van der Waals surface area contributed by atoms with Gasteiger partial charge in [0, 0.05) is 24.5 Å². The van der Waals surface area contributed by atoms with E-state index in [1.807, 2.05) is 30.3 Å².